The van der Waals surface area contributed by atoms with Gasteiger partial charge in [-0.2, -0.15) is 5.26 Å². The first-order valence-electron chi connectivity index (χ1n) is 8.37. The van der Waals surface area contributed by atoms with Crippen LogP contribution in [0.3, 0.4) is 0 Å². The Kier molecular flexibility index (Phi) is 7.70. The summed E-state index contributed by atoms with van der Waals surface area (Å²) < 4.78 is 39.2. The van der Waals surface area contributed by atoms with Crippen LogP contribution in [0.1, 0.15) is 15.9 Å². The van der Waals surface area contributed by atoms with E-state index in [2.05, 4.69) is 10.6 Å². The van der Waals surface area contributed by atoms with Crippen molar-refractivity contribution in [3.05, 3.63) is 70.5 Å². The van der Waals surface area contributed by atoms with E-state index in [0.29, 0.717) is 0 Å². The molecule has 2 aromatic rings. The first kappa shape index (κ1) is 22.3. The average molecular weight is 438 g/mol. The van der Waals surface area contributed by atoms with Gasteiger partial charge in [0.2, 0.25) is 5.91 Å². The lowest BCUT2D eigenvalue weighted by Gasteiger charge is -2.18. The van der Waals surface area contributed by atoms with Crippen LogP contribution < -0.4 is 10.6 Å². The summed E-state index contributed by atoms with van der Waals surface area (Å²) in [6.07, 6.45) is 0. The van der Waals surface area contributed by atoms with Crippen molar-refractivity contribution in [1.82, 2.24) is 10.6 Å². The van der Waals surface area contributed by atoms with Crippen LogP contribution in [0.2, 0.25) is 5.02 Å². The van der Waals surface area contributed by atoms with Crippen LogP contribution in [0.5, 0.6) is 0 Å². The molecular formula is C19H17ClFN3O4S. The average Bonchev–Trinajstić information content (AvgIpc) is 2.69. The molecule has 0 heterocycles. The van der Waals surface area contributed by atoms with Crippen LogP contribution in [-0.4, -0.2) is 38.6 Å². The van der Waals surface area contributed by atoms with Crippen molar-refractivity contribution in [2.45, 2.75) is 11.8 Å². The lowest BCUT2D eigenvalue weighted by Crippen LogP contribution is -2.50. The summed E-state index contributed by atoms with van der Waals surface area (Å²) in [6, 6.07) is 12.1. The minimum absolute atomic E-state index is 0.150. The van der Waals surface area contributed by atoms with E-state index in [4.69, 9.17) is 16.9 Å². The number of carbonyl (C=O) groups is 2. The molecule has 10 heteroatoms. The van der Waals surface area contributed by atoms with Gasteiger partial charge in [-0.05, 0) is 18.2 Å². The molecule has 2 N–H and O–H groups in total. The molecule has 0 aromatic heterocycles. The Morgan fingerprint density at radius 3 is 2.48 bits per heavy atom. The molecule has 0 spiro atoms. The molecule has 7 nitrogen and oxygen atoms in total. The monoisotopic (exact) mass is 437 g/mol. The normalized spacial score (nSPS) is 11.9. The highest BCUT2D eigenvalue weighted by Gasteiger charge is 2.28. The standard InChI is InChI=1S/C19H17ClFN3O4S/c20-15-8-4-7-14(17(15)21)11-29(27,28)12-16(19(26)23-10-9-22)24-18(25)13-5-2-1-3-6-13/h1-8,16H,10-12H2,(H,23,26)(H,24,25)/t16-/m0/s1. The molecular weight excluding hydrogens is 421 g/mol. The van der Waals surface area contributed by atoms with Gasteiger partial charge >= 0.3 is 0 Å². The lowest BCUT2D eigenvalue weighted by molar-refractivity contribution is -0.122. The number of amides is 2. The first-order chi connectivity index (χ1) is 13.7. The van der Waals surface area contributed by atoms with Gasteiger partial charge in [-0.1, -0.05) is 41.9 Å². The number of rotatable bonds is 8. The minimum Gasteiger partial charge on any atom is -0.341 e. The molecule has 0 radical (unpaired) electrons. The topological polar surface area (TPSA) is 116 Å². The summed E-state index contributed by atoms with van der Waals surface area (Å²) >= 11 is 5.67. The van der Waals surface area contributed by atoms with Gasteiger partial charge in [-0.25, -0.2) is 12.8 Å². The number of nitrogens with zero attached hydrogens (tertiary/aromatic N) is 1. The second-order valence-corrected chi connectivity index (χ2v) is 8.55. The van der Waals surface area contributed by atoms with Crippen LogP contribution in [0.25, 0.3) is 0 Å². The van der Waals surface area contributed by atoms with E-state index in [1.165, 1.54) is 30.3 Å². The molecule has 1 atom stereocenters. The highest BCUT2D eigenvalue weighted by Crippen LogP contribution is 2.20. The van der Waals surface area contributed by atoms with Gasteiger partial charge in [-0.15, -0.1) is 0 Å². The molecule has 0 aliphatic heterocycles. The SMILES string of the molecule is N#CCNC(=O)[C@H](CS(=O)(=O)Cc1cccc(Cl)c1F)NC(=O)c1ccccc1. The fraction of sp³-hybridized carbons (Fsp3) is 0.211. The second kappa shape index (κ2) is 10.0. The molecule has 0 aliphatic carbocycles. The summed E-state index contributed by atoms with van der Waals surface area (Å²) in [7, 11) is -4.03. The van der Waals surface area contributed by atoms with Gasteiger partial charge in [0.05, 0.1) is 22.6 Å². The number of hydrogen-bond donors (Lipinski definition) is 2. The summed E-state index contributed by atoms with van der Waals surface area (Å²) in [6.45, 7) is -0.362. The van der Waals surface area contributed by atoms with Crippen molar-refractivity contribution < 1.29 is 22.4 Å². The summed E-state index contributed by atoms with van der Waals surface area (Å²) in [4.78, 5) is 24.6. The van der Waals surface area contributed by atoms with E-state index in [0.717, 1.165) is 0 Å². The number of carbonyl (C=O) groups excluding carboxylic acids is 2. The van der Waals surface area contributed by atoms with Gasteiger partial charge in [0.15, 0.2) is 9.84 Å². The Balaban J connectivity index is 2.21. The molecule has 0 saturated heterocycles. The van der Waals surface area contributed by atoms with E-state index in [-0.39, 0.29) is 22.7 Å². The van der Waals surface area contributed by atoms with E-state index >= 15 is 0 Å². The van der Waals surface area contributed by atoms with Gasteiger partial charge in [0.1, 0.15) is 18.4 Å². The summed E-state index contributed by atoms with van der Waals surface area (Å²) in [5.74, 6) is -3.86. The molecule has 2 rings (SSSR count). The van der Waals surface area contributed by atoms with Crippen LogP contribution in [0, 0.1) is 17.1 Å². The molecule has 0 fully saturated rings. The number of benzene rings is 2. The van der Waals surface area contributed by atoms with Crippen LogP contribution in [0.4, 0.5) is 4.39 Å². The largest absolute Gasteiger partial charge is 0.341 e. The molecule has 0 bridgehead atoms. The van der Waals surface area contributed by atoms with Crippen LogP contribution >= 0.6 is 11.6 Å². The van der Waals surface area contributed by atoms with Crippen molar-refractivity contribution in [3.63, 3.8) is 0 Å². The number of nitrogens with one attached hydrogen (secondary N) is 2. The number of nitriles is 1. The second-order valence-electron chi connectivity index (χ2n) is 6.04. The number of sulfone groups is 1. The molecule has 0 aliphatic rings. The van der Waals surface area contributed by atoms with Crippen molar-refractivity contribution >= 4 is 33.3 Å². The highest BCUT2D eigenvalue weighted by molar-refractivity contribution is 7.90. The van der Waals surface area contributed by atoms with E-state index in [1.54, 1.807) is 24.3 Å². The predicted molar refractivity (Wildman–Crippen MR) is 105 cm³/mol. The van der Waals surface area contributed by atoms with Crippen LogP contribution in [0.15, 0.2) is 48.5 Å². The molecule has 0 saturated carbocycles. The van der Waals surface area contributed by atoms with Crippen LogP contribution in [-0.2, 0) is 20.4 Å². The molecule has 29 heavy (non-hydrogen) atoms. The smallest absolute Gasteiger partial charge is 0.251 e. The van der Waals surface area contributed by atoms with Crippen molar-refractivity contribution in [2.75, 3.05) is 12.3 Å². The van der Waals surface area contributed by atoms with Gasteiger partial charge in [0, 0.05) is 11.1 Å². The predicted octanol–water partition coefficient (Wildman–Crippen LogP) is 1.83. The maximum absolute atomic E-state index is 14.0. The zero-order valence-electron chi connectivity index (χ0n) is 15.1. The Labute approximate surface area is 172 Å². The number of hydrogen-bond acceptors (Lipinski definition) is 5. The van der Waals surface area contributed by atoms with E-state index in [1.807, 2.05) is 0 Å². The van der Waals surface area contributed by atoms with Gasteiger partial charge in [0.25, 0.3) is 5.91 Å². The summed E-state index contributed by atoms with van der Waals surface area (Å²) in [5, 5.41) is 13.0. The fourth-order valence-corrected chi connectivity index (χ4v) is 4.22. The molecule has 2 aromatic carbocycles. The third kappa shape index (κ3) is 6.55. The maximum atomic E-state index is 14.0. The maximum Gasteiger partial charge on any atom is 0.251 e. The third-order valence-corrected chi connectivity index (χ3v) is 5.71. The Morgan fingerprint density at radius 1 is 1.14 bits per heavy atom. The van der Waals surface area contributed by atoms with E-state index < -0.39 is 45.0 Å². The van der Waals surface area contributed by atoms with Crippen molar-refractivity contribution in [1.29, 1.82) is 5.26 Å². The van der Waals surface area contributed by atoms with Gasteiger partial charge < -0.3 is 10.6 Å². The van der Waals surface area contributed by atoms with Crippen molar-refractivity contribution in [3.8, 4) is 6.07 Å². The zero-order chi connectivity index (χ0) is 21.4. The fourth-order valence-electron chi connectivity index (χ4n) is 2.47. The lowest BCUT2D eigenvalue weighted by atomic mass is 10.2. The first-order valence-corrected chi connectivity index (χ1v) is 10.6. The summed E-state index contributed by atoms with van der Waals surface area (Å²) in [5.41, 5.74) is 0.0759. The zero-order valence-corrected chi connectivity index (χ0v) is 16.6. The minimum atomic E-state index is -4.03. The Bertz CT molecular complexity index is 1040. The highest BCUT2D eigenvalue weighted by atomic mass is 35.5. The molecule has 0 unspecified atom stereocenters. The quantitative estimate of drug-likeness (QED) is 0.611. The Morgan fingerprint density at radius 2 is 1.83 bits per heavy atom. The Hall–Kier alpha value is -2.96. The molecule has 152 valence electrons. The van der Waals surface area contributed by atoms with Crippen molar-refractivity contribution in [2.24, 2.45) is 0 Å². The third-order valence-electron chi connectivity index (χ3n) is 3.83. The molecule has 2 amide bonds. The van der Waals surface area contributed by atoms with E-state index in [9.17, 15) is 22.4 Å². The van der Waals surface area contributed by atoms with Gasteiger partial charge in [-0.3, -0.25) is 9.59 Å². The number of halogens is 2.